The van der Waals surface area contributed by atoms with Crippen LogP contribution in [0.25, 0.3) is 0 Å². The van der Waals surface area contributed by atoms with Crippen molar-refractivity contribution >= 4 is 58.8 Å². The highest BCUT2D eigenvalue weighted by Crippen LogP contribution is 2.12. The van der Waals surface area contributed by atoms with Gasteiger partial charge in [0.2, 0.25) is 5.91 Å². The van der Waals surface area contributed by atoms with E-state index >= 15 is 0 Å². The quantitative estimate of drug-likeness (QED) is 0.0904. The van der Waals surface area contributed by atoms with Crippen molar-refractivity contribution in [2.45, 2.75) is 64.5 Å². The molecule has 47 heavy (non-hydrogen) atoms. The molecule has 0 aliphatic carbocycles. The summed E-state index contributed by atoms with van der Waals surface area (Å²) in [6.07, 6.45) is 4.03. The number of amides is 3. The van der Waals surface area contributed by atoms with E-state index in [9.17, 15) is 33.6 Å². The maximum absolute atomic E-state index is 12.0. The Kier molecular flexibility index (Phi) is 25.5. The van der Waals surface area contributed by atoms with Crippen LogP contribution in [-0.4, -0.2) is 122 Å². The predicted molar refractivity (Wildman–Crippen MR) is 174 cm³/mol. The molecule has 2 atom stereocenters. The Balaban J connectivity index is 0. The summed E-state index contributed by atoms with van der Waals surface area (Å²) < 4.78 is 23.6. The van der Waals surface area contributed by atoms with E-state index in [-0.39, 0.29) is 62.0 Å². The third kappa shape index (κ3) is 21.9. The number of nitrogens with two attached hydrogens (primary N) is 2. The highest BCUT2D eigenvalue weighted by Gasteiger charge is 2.32. The minimum Gasteiger partial charge on any atom is -0.468 e. The molecular formula is C30H48N4O12S. The van der Waals surface area contributed by atoms with Crippen LogP contribution in [0.15, 0.2) is 25.3 Å². The van der Waals surface area contributed by atoms with Crippen LogP contribution in [0.5, 0.6) is 0 Å². The predicted octanol–water partition coefficient (Wildman–Crippen LogP) is 1.61. The number of ketones is 2. The Morgan fingerprint density at radius 3 is 1.43 bits per heavy atom. The van der Waals surface area contributed by atoms with Crippen LogP contribution < -0.4 is 11.5 Å². The van der Waals surface area contributed by atoms with Crippen molar-refractivity contribution in [3.63, 3.8) is 0 Å². The molecule has 1 saturated heterocycles. The van der Waals surface area contributed by atoms with E-state index in [1.54, 1.807) is 0 Å². The molecule has 3 amide bonds. The van der Waals surface area contributed by atoms with Crippen LogP contribution in [0.1, 0.15) is 52.4 Å². The van der Waals surface area contributed by atoms with Gasteiger partial charge in [-0.2, -0.15) is 0 Å². The molecule has 0 aromatic heterocycles. The summed E-state index contributed by atoms with van der Waals surface area (Å²) in [6.45, 7) is 10.6. The lowest BCUT2D eigenvalue weighted by Gasteiger charge is -2.29. The first-order valence-corrected chi connectivity index (χ1v) is 14.9. The van der Waals surface area contributed by atoms with E-state index in [0.717, 1.165) is 30.1 Å². The Morgan fingerprint density at radius 2 is 1.15 bits per heavy atom. The summed E-state index contributed by atoms with van der Waals surface area (Å²) in [7, 11) is 2.34. The molecule has 0 aromatic carbocycles. The Morgan fingerprint density at radius 1 is 0.766 bits per heavy atom. The van der Waals surface area contributed by atoms with Crippen molar-refractivity contribution in [2.75, 3.05) is 53.7 Å². The van der Waals surface area contributed by atoms with E-state index in [4.69, 9.17) is 37.9 Å². The molecule has 16 nitrogen and oxygen atoms in total. The number of carbonyl (C=O) groups excluding carboxylic acids is 7. The molecular weight excluding hydrogens is 640 g/mol. The lowest BCUT2D eigenvalue weighted by atomic mass is 10.1. The summed E-state index contributed by atoms with van der Waals surface area (Å²) in [5.74, 6) is -2.46. The average Bonchev–Trinajstić information content (AvgIpc) is 3.61. The number of thiocarbonyl (C=S) groups is 1. The third-order valence-corrected chi connectivity index (χ3v) is 6.22. The van der Waals surface area contributed by atoms with Gasteiger partial charge in [0.25, 0.3) is 0 Å². The van der Waals surface area contributed by atoms with Crippen molar-refractivity contribution in [3.8, 4) is 0 Å². The number of hydrogen-bond acceptors (Lipinski definition) is 13. The molecule has 0 saturated carbocycles. The number of methoxy groups -OCH3 is 2. The van der Waals surface area contributed by atoms with E-state index in [1.807, 2.05) is 0 Å². The van der Waals surface area contributed by atoms with Crippen LogP contribution in [0, 0.1) is 0 Å². The number of hydrogen-bond donors (Lipinski definition) is 2. The molecule has 0 spiro atoms. The number of esters is 2. The second-order valence-corrected chi connectivity index (χ2v) is 10.2. The van der Waals surface area contributed by atoms with E-state index < -0.39 is 48.7 Å². The smallest absolute Gasteiger partial charge is 0.411 e. The van der Waals surface area contributed by atoms with Gasteiger partial charge in [-0.15, -0.1) is 0 Å². The molecule has 1 rings (SSSR count). The molecule has 0 radical (unpaired) electrons. The Labute approximate surface area is 280 Å². The van der Waals surface area contributed by atoms with Crippen molar-refractivity contribution in [1.29, 1.82) is 0 Å². The maximum atomic E-state index is 12.0. The standard InChI is InChI=1S/C13H20N2O6.C13H20N2O5S.C4H8O/c1-4-7-21-13(19)15(8-11(17)20-3)10(12(14)18)6-5-9(2)16;1-4-7-20-13(18)15(8-11(17)19-3)10(12(14)21)6-5-9(2)16;1-2-4-5-3-1/h4,10H,1,5-8H2,2-3H3,(H2,14,18);4,10H,1,5-8H2,2-3H3,(H2,14,21);1-4H2/t2*10-;/m00./s1. The van der Waals surface area contributed by atoms with Crippen LogP contribution in [0.4, 0.5) is 9.59 Å². The summed E-state index contributed by atoms with van der Waals surface area (Å²) in [5.41, 5.74) is 10.8. The Bertz CT molecular complexity index is 995. The first-order chi connectivity index (χ1) is 22.2. The highest BCUT2D eigenvalue weighted by atomic mass is 32.1. The molecule has 266 valence electrons. The van der Waals surface area contributed by atoms with Crippen LogP contribution >= 0.6 is 12.2 Å². The van der Waals surface area contributed by atoms with Gasteiger partial charge in [-0.05, 0) is 39.5 Å². The number of carbonyl (C=O) groups is 7. The van der Waals surface area contributed by atoms with Gasteiger partial charge >= 0.3 is 24.1 Å². The second kappa shape index (κ2) is 26.8. The van der Waals surface area contributed by atoms with Gasteiger partial charge in [0.15, 0.2) is 0 Å². The van der Waals surface area contributed by atoms with Crippen molar-refractivity contribution in [1.82, 2.24) is 9.80 Å². The van der Waals surface area contributed by atoms with Gasteiger partial charge < -0.3 is 44.7 Å². The Hall–Kier alpha value is -4.38. The number of primary amides is 1. The number of Topliss-reactive ketones (excluding diaryl/α,β-unsaturated/α-hetero) is 2. The second-order valence-electron chi connectivity index (χ2n) is 9.78. The lowest BCUT2D eigenvalue weighted by molar-refractivity contribution is -0.143. The van der Waals surface area contributed by atoms with Gasteiger partial charge in [-0.25, -0.2) is 9.59 Å². The summed E-state index contributed by atoms with van der Waals surface area (Å²) in [6, 6.07) is -1.90. The maximum Gasteiger partial charge on any atom is 0.411 e. The van der Waals surface area contributed by atoms with Crippen molar-refractivity contribution in [2.24, 2.45) is 11.5 Å². The van der Waals surface area contributed by atoms with E-state index in [1.165, 1.54) is 46.0 Å². The van der Waals surface area contributed by atoms with Crippen LogP contribution in [0.2, 0.25) is 0 Å². The van der Waals surface area contributed by atoms with Crippen LogP contribution in [-0.2, 0) is 47.7 Å². The fraction of sp³-hybridized carbons (Fsp3) is 0.600. The first kappa shape index (κ1) is 44.7. The zero-order valence-corrected chi connectivity index (χ0v) is 28.4. The number of nitrogens with zero attached hydrogens (tertiary/aromatic N) is 2. The average molecular weight is 689 g/mol. The molecule has 1 fully saturated rings. The molecule has 4 N–H and O–H groups in total. The van der Waals surface area contributed by atoms with Crippen molar-refractivity contribution in [3.05, 3.63) is 25.3 Å². The summed E-state index contributed by atoms with van der Waals surface area (Å²) in [5, 5.41) is 0. The third-order valence-electron chi connectivity index (χ3n) is 5.95. The lowest BCUT2D eigenvalue weighted by Crippen LogP contribution is -2.50. The first-order valence-electron chi connectivity index (χ1n) is 14.5. The zero-order valence-electron chi connectivity index (χ0n) is 27.6. The summed E-state index contributed by atoms with van der Waals surface area (Å²) in [4.78, 5) is 82.2. The minimum absolute atomic E-state index is 0.00398. The van der Waals surface area contributed by atoms with E-state index in [0.29, 0.717) is 0 Å². The molecule has 0 unspecified atom stereocenters. The fourth-order valence-electron chi connectivity index (χ4n) is 3.53. The minimum atomic E-state index is -1.13. The summed E-state index contributed by atoms with van der Waals surface area (Å²) >= 11 is 4.91. The number of ether oxygens (including phenoxy) is 5. The van der Waals surface area contributed by atoms with Crippen LogP contribution in [0.3, 0.4) is 0 Å². The van der Waals surface area contributed by atoms with Gasteiger partial charge in [0.05, 0.1) is 25.2 Å². The molecule has 1 heterocycles. The normalized spacial score (nSPS) is 12.5. The molecule has 1 aliphatic heterocycles. The van der Waals surface area contributed by atoms with E-state index in [2.05, 4.69) is 22.6 Å². The topological polar surface area (TPSA) is 224 Å². The SMILES string of the molecule is C1CCOC1.C=CCOC(=O)N(CC(=O)OC)[C@@H](CCC(C)=O)C(N)=O.C=CCOC(=O)N(CC(=O)OC)[C@@H](CCC(C)=O)C(N)=S. The highest BCUT2D eigenvalue weighted by molar-refractivity contribution is 7.80. The zero-order chi connectivity index (χ0) is 36.4. The van der Waals surface area contributed by atoms with Gasteiger partial charge in [-0.3, -0.25) is 24.2 Å². The monoisotopic (exact) mass is 688 g/mol. The molecule has 0 aromatic rings. The van der Waals surface area contributed by atoms with Crippen molar-refractivity contribution < 1.29 is 57.2 Å². The molecule has 1 aliphatic rings. The molecule has 17 heteroatoms. The largest absolute Gasteiger partial charge is 0.468 e. The van der Waals surface area contributed by atoms with Gasteiger partial charge in [0.1, 0.15) is 43.9 Å². The van der Waals surface area contributed by atoms with Gasteiger partial charge in [0, 0.05) is 26.1 Å². The fourth-order valence-corrected chi connectivity index (χ4v) is 3.78. The number of rotatable bonds is 18. The molecule has 0 bridgehead atoms. The van der Waals surface area contributed by atoms with Gasteiger partial charge in [-0.1, -0.05) is 37.5 Å².